The van der Waals surface area contributed by atoms with E-state index in [9.17, 15) is 8.78 Å². The van der Waals surface area contributed by atoms with Crippen LogP contribution in [0.4, 0.5) is 8.78 Å². The van der Waals surface area contributed by atoms with E-state index in [1.54, 1.807) is 0 Å². The second-order valence-electron chi connectivity index (χ2n) is 5.93. The van der Waals surface area contributed by atoms with Gasteiger partial charge >= 0.3 is 0 Å². The first-order valence-corrected chi connectivity index (χ1v) is 7.47. The normalized spacial score (nSPS) is 15.2. The first-order chi connectivity index (χ1) is 9.18. The molecule has 114 valence electrons. The van der Waals surface area contributed by atoms with Gasteiger partial charge in [0.25, 0.3) is 0 Å². The summed E-state index contributed by atoms with van der Waals surface area (Å²) in [5, 5.41) is 0. The lowest BCUT2D eigenvalue weighted by atomic mass is 9.82. The van der Waals surface area contributed by atoms with Crippen molar-refractivity contribution in [2.75, 3.05) is 6.61 Å². The Hall–Kier alpha value is -0.520. The van der Waals surface area contributed by atoms with Gasteiger partial charge in [0.15, 0.2) is 0 Å². The fourth-order valence-corrected chi connectivity index (χ4v) is 2.67. The summed E-state index contributed by atoms with van der Waals surface area (Å²) in [7, 11) is 0. The maximum absolute atomic E-state index is 14.0. The molecular formula is C15H22BrF2NO. The van der Waals surface area contributed by atoms with Gasteiger partial charge in [0, 0.05) is 18.2 Å². The Morgan fingerprint density at radius 2 is 1.90 bits per heavy atom. The van der Waals surface area contributed by atoms with Crippen LogP contribution in [0.15, 0.2) is 16.6 Å². The number of benzene rings is 1. The molecule has 2 N–H and O–H groups in total. The van der Waals surface area contributed by atoms with Crippen molar-refractivity contribution >= 4 is 15.9 Å². The number of hydrogen-bond donors (Lipinski definition) is 1. The Bertz CT molecular complexity index is 460. The molecule has 0 spiro atoms. The Kier molecular flexibility index (Phi) is 6.10. The minimum Gasteiger partial charge on any atom is -0.376 e. The zero-order valence-corrected chi connectivity index (χ0v) is 13.9. The number of nitrogens with two attached hydrogens (primary N) is 1. The van der Waals surface area contributed by atoms with Gasteiger partial charge in [-0.1, -0.05) is 20.8 Å². The van der Waals surface area contributed by atoms with Crippen molar-refractivity contribution in [3.63, 3.8) is 0 Å². The highest BCUT2D eigenvalue weighted by Gasteiger charge is 2.32. The Balaban J connectivity index is 2.99. The van der Waals surface area contributed by atoms with E-state index >= 15 is 0 Å². The molecule has 0 aliphatic carbocycles. The van der Waals surface area contributed by atoms with Crippen molar-refractivity contribution in [2.45, 2.75) is 46.3 Å². The number of ether oxygens (including phenoxy) is 1. The monoisotopic (exact) mass is 349 g/mol. The topological polar surface area (TPSA) is 35.2 Å². The van der Waals surface area contributed by atoms with Gasteiger partial charge in [-0.05, 0) is 46.8 Å². The molecule has 0 aromatic heterocycles. The average molecular weight is 350 g/mol. The van der Waals surface area contributed by atoms with Gasteiger partial charge < -0.3 is 10.5 Å². The molecule has 0 aliphatic rings. The molecule has 0 heterocycles. The van der Waals surface area contributed by atoms with Crippen LogP contribution >= 0.6 is 15.9 Å². The van der Waals surface area contributed by atoms with Crippen molar-refractivity contribution in [1.29, 1.82) is 0 Å². The molecule has 0 bridgehead atoms. The molecule has 0 fully saturated rings. The van der Waals surface area contributed by atoms with Gasteiger partial charge in [-0.2, -0.15) is 0 Å². The molecule has 1 aromatic carbocycles. The lowest BCUT2D eigenvalue weighted by Crippen LogP contribution is -2.46. The summed E-state index contributed by atoms with van der Waals surface area (Å²) in [5.74, 6) is -1.17. The highest BCUT2D eigenvalue weighted by atomic mass is 79.9. The predicted molar refractivity (Wildman–Crippen MR) is 80.6 cm³/mol. The second-order valence-corrected chi connectivity index (χ2v) is 6.79. The minimum atomic E-state index is -0.593. The molecule has 2 unspecified atom stereocenters. The molecule has 2 atom stereocenters. The molecular weight excluding hydrogens is 328 g/mol. The van der Waals surface area contributed by atoms with Crippen LogP contribution < -0.4 is 5.73 Å². The van der Waals surface area contributed by atoms with Gasteiger partial charge in [-0.15, -0.1) is 0 Å². The van der Waals surface area contributed by atoms with E-state index in [4.69, 9.17) is 10.5 Å². The van der Waals surface area contributed by atoms with Crippen LogP contribution in [-0.4, -0.2) is 18.8 Å². The third kappa shape index (κ3) is 4.24. The van der Waals surface area contributed by atoms with Gasteiger partial charge in [0.2, 0.25) is 0 Å². The van der Waals surface area contributed by atoms with E-state index in [-0.39, 0.29) is 28.0 Å². The lowest BCUT2D eigenvalue weighted by molar-refractivity contribution is -0.0276. The van der Waals surface area contributed by atoms with E-state index in [1.807, 2.05) is 27.7 Å². The standard InChI is InChI=1S/C15H22BrF2NO/c1-5-20-14(15(2,3)4)12(19)8-9-11(17)7-6-10(16)13(9)18/h6-7,12,14H,5,8,19H2,1-4H3. The smallest absolute Gasteiger partial charge is 0.143 e. The Morgan fingerprint density at radius 3 is 2.40 bits per heavy atom. The second kappa shape index (κ2) is 6.96. The fraction of sp³-hybridized carbons (Fsp3) is 0.600. The minimum absolute atomic E-state index is 0.000767. The van der Waals surface area contributed by atoms with Gasteiger partial charge in [0.05, 0.1) is 10.6 Å². The van der Waals surface area contributed by atoms with Crippen LogP contribution in [0.5, 0.6) is 0 Å². The molecule has 1 aromatic rings. The summed E-state index contributed by atoms with van der Waals surface area (Å²) in [6, 6.07) is 2.11. The highest BCUT2D eigenvalue weighted by molar-refractivity contribution is 9.10. The Morgan fingerprint density at radius 1 is 1.30 bits per heavy atom. The molecule has 0 aliphatic heterocycles. The summed E-state index contributed by atoms with van der Waals surface area (Å²) in [6.07, 6.45) is -0.177. The number of halogens is 3. The molecule has 1 rings (SSSR count). The highest BCUT2D eigenvalue weighted by Crippen LogP contribution is 2.28. The summed E-state index contributed by atoms with van der Waals surface area (Å²) in [6.45, 7) is 8.40. The van der Waals surface area contributed by atoms with Crippen LogP contribution in [0, 0.1) is 17.0 Å². The summed E-state index contributed by atoms with van der Waals surface area (Å²) in [5.41, 5.74) is 5.94. The molecule has 20 heavy (non-hydrogen) atoms. The van der Waals surface area contributed by atoms with Crippen LogP contribution in [0.25, 0.3) is 0 Å². The van der Waals surface area contributed by atoms with E-state index in [1.165, 1.54) is 12.1 Å². The predicted octanol–water partition coefficient (Wildman–Crippen LogP) is 4.05. The van der Waals surface area contributed by atoms with E-state index < -0.39 is 17.7 Å². The van der Waals surface area contributed by atoms with Crippen LogP contribution in [0.2, 0.25) is 0 Å². The van der Waals surface area contributed by atoms with Crippen LogP contribution in [0.3, 0.4) is 0 Å². The molecule has 0 amide bonds. The van der Waals surface area contributed by atoms with E-state index in [2.05, 4.69) is 15.9 Å². The SMILES string of the molecule is CCOC(C(N)Cc1c(F)ccc(Br)c1F)C(C)(C)C. The van der Waals surface area contributed by atoms with Crippen molar-refractivity contribution in [2.24, 2.45) is 11.1 Å². The lowest BCUT2D eigenvalue weighted by Gasteiger charge is -2.35. The molecule has 0 saturated heterocycles. The maximum Gasteiger partial charge on any atom is 0.143 e. The summed E-state index contributed by atoms with van der Waals surface area (Å²) >= 11 is 3.06. The number of hydrogen-bond acceptors (Lipinski definition) is 2. The van der Waals surface area contributed by atoms with Gasteiger partial charge in [-0.25, -0.2) is 8.78 Å². The van der Waals surface area contributed by atoms with Crippen LogP contribution in [-0.2, 0) is 11.2 Å². The number of rotatable bonds is 5. The third-order valence-corrected chi connectivity index (χ3v) is 3.78. The molecule has 2 nitrogen and oxygen atoms in total. The third-order valence-electron chi connectivity index (χ3n) is 3.17. The van der Waals surface area contributed by atoms with Crippen molar-refractivity contribution in [1.82, 2.24) is 0 Å². The zero-order chi connectivity index (χ0) is 15.5. The van der Waals surface area contributed by atoms with E-state index in [0.29, 0.717) is 6.61 Å². The first kappa shape index (κ1) is 17.5. The molecule has 0 saturated carbocycles. The van der Waals surface area contributed by atoms with Crippen molar-refractivity contribution in [3.8, 4) is 0 Å². The van der Waals surface area contributed by atoms with Gasteiger partial charge in [0.1, 0.15) is 11.6 Å². The fourth-order valence-electron chi connectivity index (χ4n) is 2.29. The van der Waals surface area contributed by atoms with E-state index in [0.717, 1.165) is 0 Å². The first-order valence-electron chi connectivity index (χ1n) is 6.68. The summed E-state index contributed by atoms with van der Waals surface area (Å²) < 4.78 is 33.7. The summed E-state index contributed by atoms with van der Waals surface area (Å²) in [4.78, 5) is 0. The maximum atomic E-state index is 14.0. The van der Waals surface area contributed by atoms with Gasteiger partial charge in [-0.3, -0.25) is 0 Å². The van der Waals surface area contributed by atoms with Crippen molar-refractivity contribution in [3.05, 3.63) is 33.8 Å². The molecule has 5 heteroatoms. The van der Waals surface area contributed by atoms with Crippen molar-refractivity contribution < 1.29 is 13.5 Å². The zero-order valence-electron chi connectivity index (χ0n) is 12.3. The van der Waals surface area contributed by atoms with Crippen LogP contribution in [0.1, 0.15) is 33.3 Å². The molecule has 0 radical (unpaired) electrons. The largest absolute Gasteiger partial charge is 0.376 e. The average Bonchev–Trinajstić information content (AvgIpc) is 2.34. The Labute approximate surface area is 127 Å². The quantitative estimate of drug-likeness (QED) is 0.814.